The average molecular weight is 301 g/mol. The molecule has 0 aromatic carbocycles. The first-order valence-corrected chi connectivity index (χ1v) is 6.95. The van der Waals surface area contributed by atoms with Crippen LogP contribution in [0.4, 0.5) is 18.0 Å². The topological polar surface area (TPSA) is 54.0 Å². The van der Waals surface area contributed by atoms with Gasteiger partial charge in [0, 0.05) is 25.0 Å². The number of amides is 2. The summed E-state index contributed by atoms with van der Waals surface area (Å²) in [6.45, 7) is 0.301. The minimum absolute atomic E-state index is 0.0379. The van der Waals surface area contributed by atoms with Gasteiger partial charge in [-0.05, 0) is 30.9 Å². The summed E-state index contributed by atoms with van der Waals surface area (Å²) in [5, 5.41) is 5.25. The lowest BCUT2D eigenvalue weighted by Gasteiger charge is -2.31. The van der Waals surface area contributed by atoms with Crippen LogP contribution in [0.25, 0.3) is 0 Å². The molecule has 0 spiro atoms. The van der Waals surface area contributed by atoms with Gasteiger partial charge in [-0.25, -0.2) is 4.79 Å². The number of nitrogens with zero attached hydrogens (tertiary/aromatic N) is 1. The SMILES string of the molecule is O=C(NCc1cccnc1)NC1CCCC(C(F)(F)F)C1. The summed E-state index contributed by atoms with van der Waals surface area (Å²) >= 11 is 0. The maximum atomic E-state index is 12.7. The Balaban J connectivity index is 1.77. The van der Waals surface area contributed by atoms with Crippen LogP contribution in [0.1, 0.15) is 31.2 Å². The van der Waals surface area contributed by atoms with Gasteiger partial charge in [-0.2, -0.15) is 13.2 Å². The number of carbonyl (C=O) groups excluding carboxylic acids is 1. The highest BCUT2D eigenvalue weighted by molar-refractivity contribution is 5.74. The summed E-state index contributed by atoms with van der Waals surface area (Å²) in [6.07, 6.45) is 0.267. The van der Waals surface area contributed by atoms with Crippen LogP contribution < -0.4 is 10.6 Å². The molecule has 1 aliphatic carbocycles. The van der Waals surface area contributed by atoms with Crippen LogP contribution in [0.15, 0.2) is 24.5 Å². The van der Waals surface area contributed by atoms with Gasteiger partial charge in [0.25, 0.3) is 0 Å². The normalized spacial score (nSPS) is 22.6. The summed E-state index contributed by atoms with van der Waals surface area (Å²) in [6, 6.07) is 2.71. The molecule has 2 amide bonds. The number of hydrogen-bond donors (Lipinski definition) is 2. The van der Waals surface area contributed by atoms with E-state index in [1.165, 1.54) is 0 Å². The highest BCUT2D eigenvalue weighted by Crippen LogP contribution is 2.37. The van der Waals surface area contributed by atoms with Crippen molar-refractivity contribution in [3.8, 4) is 0 Å². The van der Waals surface area contributed by atoms with Gasteiger partial charge in [-0.1, -0.05) is 12.5 Å². The summed E-state index contributed by atoms with van der Waals surface area (Å²) in [4.78, 5) is 15.6. The summed E-state index contributed by atoms with van der Waals surface area (Å²) in [7, 11) is 0. The smallest absolute Gasteiger partial charge is 0.335 e. The lowest BCUT2D eigenvalue weighted by atomic mass is 9.85. The monoisotopic (exact) mass is 301 g/mol. The van der Waals surface area contributed by atoms with E-state index in [9.17, 15) is 18.0 Å². The van der Waals surface area contributed by atoms with Crippen molar-refractivity contribution in [1.82, 2.24) is 15.6 Å². The third kappa shape index (κ3) is 4.91. The highest BCUT2D eigenvalue weighted by atomic mass is 19.4. The molecular formula is C14H18F3N3O. The third-order valence-electron chi connectivity index (χ3n) is 3.65. The van der Waals surface area contributed by atoms with E-state index < -0.39 is 24.2 Å². The minimum atomic E-state index is -4.17. The van der Waals surface area contributed by atoms with E-state index in [0.29, 0.717) is 19.4 Å². The van der Waals surface area contributed by atoms with Crippen LogP contribution in [0.5, 0.6) is 0 Å². The zero-order valence-electron chi connectivity index (χ0n) is 11.5. The quantitative estimate of drug-likeness (QED) is 0.901. The predicted octanol–water partition coefficient (Wildman–Crippen LogP) is 3.00. The molecule has 2 atom stereocenters. The molecule has 21 heavy (non-hydrogen) atoms. The average Bonchev–Trinajstić information content (AvgIpc) is 2.46. The third-order valence-corrected chi connectivity index (χ3v) is 3.65. The fraction of sp³-hybridized carbons (Fsp3) is 0.571. The molecule has 1 heterocycles. The van der Waals surface area contributed by atoms with Gasteiger partial charge in [-0.3, -0.25) is 4.98 Å². The molecule has 0 saturated heterocycles. The van der Waals surface area contributed by atoms with Crippen molar-refractivity contribution >= 4 is 6.03 Å². The van der Waals surface area contributed by atoms with E-state index in [1.54, 1.807) is 18.5 Å². The fourth-order valence-electron chi connectivity index (χ4n) is 2.54. The lowest BCUT2D eigenvalue weighted by molar-refractivity contribution is -0.183. The second-order valence-corrected chi connectivity index (χ2v) is 5.29. The number of carbonyl (C=O) groups is 1. The second-order valence-electron chi connectivity index (χ2n) is 5.29. The Morgan fingerprint density at radius 2 is 2.19 bits per heavy atom. The molecule has 7 heteroatoms. The molecule has 2 rings (SSSR count). The molecule has 2 unspecified atom stereocenters. The summed E-state index contributed by atoms with van der Waals surface area (Å²) in [5.74, 6) is -1.31. The first-order valence-electron chi connectivity index (χ1n) is 6.95. The molecule has 2 N–H and O–H groups in total. The molecule has 0 bridgehead atoms. The number of aromatic nitrogens is 1. The van der Waals surface area contributed by atoms with Gasteiger partial charge < -0.3 is 10.6 Å². The van der Waals surface area contributed by atoms with Crippen LogP contribution >= 0.6 is 0 Å². The van der Waals surface area contributed by atoms with Crippen molar-refractivity contribution in [3.05, 3.63) is 30.1 Å². The number of halogens is 3. The predicted molar refractivity (Wildman–Crippen MR) is 71.4 cm³/mol. The standard InChI is InChI=1S/C14H18F3N3O/c15-14(16,17)11-4-1-5-12(7-11)20-13(21)19-9-10-3-2-6-18-8-10/h2-3,6,8,11-12H,1,4-5,7,9H2,(H2,19,20,21). The van der Waals surface area contributed by atoms with Crippen molar-refractivity contribution in [3.63, 3.8) is 0 Å². The van der Waals surface area contributed by atoms with Gasteiger partial charge in [0.05, 0.1) is 5.92 Å². The first kappa shape index (κ1) is 15.6. The second kappa shape index (κ2) is 6.78. The Labute approximate surface area is 121 Å². The number of rotatable bonds is 3. The molecule has 1 aliphatic rings. The zero-order valence-corrected chi connectivity index (χ0v) is 11.5. The van der Waals surface area contributed by atoms with Crippen molar-refractivity contribution in [2.24, 2.45) is 5.92 Å². The Bertz CT molecular complexity index is 464. The Morgan fingerprint density at radius 3 is 2.86 bits per heavy atom. The van der Waals surface area contributed by atoms with E-state index in [0.717, 1.165) is 5.56 Å². The number of urea groups is 1. The number of hydrogen-bond acceptors (Lipinski definition) is 2. The van der Waals surface area contributed by atoms with Crippen LogP contribution in [-0.2, 0) is 6.54 Å². The van der Waals surface area contributed by atoms with Crippen LogP contribution in [0.2, 0.25) is 0 Å². The van der Waals surface area contributed by atoms with Gasteiger partial charge >= 0.3 is 12.2 Å². The molecular weight excluding hydrogens is 283 g/mol. The molecule has 0 radical (unpaired) electrons. The van der Waals surface area contributed by atoms with Crippen LogP contribution in [0.3, 0.4) is 0 Å². The Hall–Kier alpha value is -1.79. The fourth-order valence-corrected chi connectivity index (χ4v) is 2.54. The number of pyridine rings is 1. The van der Waals surface area contributed by atoms with Crippen molar-refractivity contribution in [1.29, 1.82) is 0 Å². The number of alkyl halides is 3. The maximum Gasteiger partial charge on any atom is 0.391 e. The van der Waals surface area contributed by atoms with Gasteiger partial charge in [-0.15, -0.1) is 0 Å². The van der Waals surface area contributed by atoms with E-state index in [2.05, 4.69) is 15.6 Å². The van der Waals surface area contributed by atoms with Gasteiger partial charge in [0.2, 0.25) is 0 Å². The summed E-state index contributed by atoms with van der Waals surface area (Å²) in [5.41, 5.74) is 0.837. The highest BCUT2D eigenvalue weighted by Gasteiger charge is 2.42. The molecule has 0 aliphatic heterocycles. The molecule has 1 aromatic heterocycles. The van der Waals surface area contributed by atoms with Gasteiger partial charge in [0.15, 0.2) is 0 Å². The molecule has 1 saturated carbocycles. The maximum absolute atomic E-state index is 12.7. The lowest BCUT2D eigenvalue weighted by Crippen LogP contribution is -2.45. The van der Waals surface area contributed by atoms with Crippen molar-refractivity contribution in [2.75, 3.05) is 0 Å². The van der Waals surface area contributed by atoms with E-state index in [4.69, 9.17) is 0 Å². The molecule has 116 valence electrons. The van der Waals surface area contributed by atoms with Crippen molar-refractivity contribution in [2.45, 2.75) is 44.4 Å². The van der Waals surface area contributed by atoms with Gasteiger partial charge in [0.1, 0.15) is 0 Å². The minimum Gasteiger partial charge on any atom is -0.335 e. The Morgan fingerprint density at radius 1 is 1.38 bits per heavy atom. The van der Waals surface area contributed by atoms with E-state index in [-0.39, 0.29) is 12.8 Å². The summed E-state index contributed by atoms with van der Waals surface area (Å²) < 4.78 is 38.1. The van der Waals surface area contributed by atoms with E-state index >= 15 is 0 Å². The van der Waals surface area contributed by atoms with Crippen LogP contribution in [0, 0.1) is 5.92 Å². The first-order chi connectivity index (χ1) is 9.95. The number of nitrogens with one attached hydrogen (secondary N) is 2. The largest absolute Gasteiger partial charge is 0.391 e. The zero-order chi connectivity index (χ0) is 15.3. The van der Waals surface area contributed by atoms with E-state index in [1.807, 2.05) is 6.07 Å². The van der Waals surface area contributed by atoms with Crippen LogP contribution in [-0.4, -0.2) is 23.2 Å². The molecule has 1 fully saturated rings. The molecule has 1 aromatic rings. The van der Waals surface area contributed by atoms with Crippen molar-refractivity contribution < 1.29 is 18.0 Å². The Kier molecular flexibility index (Phi) is 5.03. The molecule has 4 nitrogen and oxygen atoms in total.